The highest BCUT2D eigenvalue weighted by molar-refractivity contribution is 7.85. The van der Waals surface area contributed by atoms with E-state index in [1.54, 1.807) is 31.4 Å². The zero-order chi connectivity index (χ0) is 16.2. The van der Waals surface area contributed by atoms with E-state index >= 15 is 0 Å². The van der Waals surface area contributed by atoms with Crippen LogP contribution in [0.1, 0.15) is 15.9 Å². The molecule has 2 aromatic carbocycles. The first kappa shape index (κ1) is 16.0. The van der Waals surface area contributed by atoms with Crippen molar-refractivity contribution in [2.45, 2.75) is 11.5 Å². The Morgan fingerprint density at radius 1 is 1.05 bits per heavy atom. The van der Waals surface area contributed by atoms with Gasteiger partial charge in [0.25, 0.3) is 0 Å². The quantitative estimate of drug-likeness (QED) is 0.617. The molecule has 22 heavy (non-hydrogen) atoms. The van der Waals surface area contributed by atoms with Gasteiger partial charge < -0.3 is 14.0 Å². The monoisotopic (exact) mass is 321 g/mol. The Hall–Kier alpha value is -2.38. The normalized spacial score (nSPS) is 11.0. The van der Waals surface area contributed by atoms with Crippen molar-refractivity contribution in [2.24, 2.45) is 0 Å². The van der Waals surface area contributed by atoms with Gasteiger partial charge in [-0.25, -0.2) is 13.2 Å². The standard InChI is InChI=1S/C15H14O6S/c1-20-13-6-2-11(3-7-13)10-21-15(16)12-4-8-14(9-5-12)22(17,18)19/h2-9H,10H2,1H3,(H,17,18,19)/p-1. The van der Waals surface area contributed by atoms with Crippen LogP contribution in [-0.2, 0) is 21.5 Å². The number of rotatable bonds is 5. The highest BCUT2D eigenvalue weighted by Gasteiger charge is 2.09. The molecule has 0 radical (unpaired) electrons. The van der Waals surface area contributed by atoms with E-state index in [1.165, 1.54) is 12.1 Å². The van der Waals surface area contributed by atoms with Gasteiger partial charge in [0.15, 0.2) is 0 Å². The fourth-order valence-corrected chi connectivity index (χ4v) is 2.18. The van der Waals surface area contributed by atoms with E-state index in [9.17, 15) is 17.8 Å². The van der Waals surface area contributed by atoms with Gasteiger partial charge in [-0.1, -0.05) is 12.1 Å². The first-order valence-corrected chi connectivity index (χ1v) is 7.67. The summed E-state index contributed by atoms with van der Waals surface area (Å²) in [5.41, 5.74) is 0.953. The lowest BCUT2D eigenvalue weighted by Crippen LogP contribution is -2.06. The SMILES string of the molecule is COc1ccc(COC(=O)c2ccc(S(=O)(=O)[O-])cc2)cc1. The summed E-state index contributed by atoms with van der Waals surface area (Å²) in [6.45, 7) is 0.0738. The second-order valence-corrected chi connectivity index (χ2v) is 5.78. The molecule has 2 aromatic rings. The summed E-state index contributed by atoms with van der Waals surface area (Å²) in [6.07, 6.45) is 0. The number of hydrogen-bond donors (Lipinski definition) is 0. The Balaban J connectivity index is 1.99. The maximum atomic E-state index is 11.8. The van der Waals surface area contributed by atoms with Crippen molar-refractivity contribution in [3.05, 3.63) is 59.7 Å². The first-order valence-electron chi connectivity index (χ1n) is 6.26. The molecule has 0 aliphatic carbocycles. The van der Waals surface area contributed by atoms with Crippen LogP contribution in [0.25, 0.3) is 0 Å². The predicted molar refractivity (Wildman–Crippen MR) is 76.5 cm³/mol. The maximum absolute atomic E-state index is 11.8. The largest absolute Gasteiger partial charge is 0.744 e. The number of ether oxygens (including phenoxy) is 2. The van der Waals surface area contributed by atoms with Crippen LogP contribution >= 0.6 is 0 Å². The van der Waals surface area contributed by atoms with E-state index < -0.39 is 16.1 Å². The molecule has 0 saturated heterocycles. The molecule has 0 heterocycles. The van der Waals surface area contributed by atoms with Crippen LogP contribution in [0.2, 0.25) is 0 Å². The molecular weight excluding hydrogens is 308 g/mol. The zero-order valence-electron chi connectivity index (χ0n) is 11.7. The number of carbonyl (C=O) groups excluding carboxylic acids is 1. The van der Waals surface area contributed by atoms with Crippen LogP contribution in [0, 0.1) is 0 Å². The van der Waals surface area contributed by atoms with E-state index in [0.29, 0.717) is 5.75 Å². The van der Waals surface area contributed by atoms with Crippen molar-refractivity contribution in [3.63, 3.8) is 0 Å². The third-order valence-electron chi connectivity index (χ3n) is 2.91. The molecule has 0 aromatic heterocycles. The summed E-state index contributed by atoms with van der Waals surface area (Å²) < 4.78 is 42.5. The van der Waals surface area contributed by atoms with Crippen LogP contribution in [0.15, 0.2) is 53.4 Å². The van der Waals surface area contributed by atoms with Gasteiger partial charge in [0.05, 0.1) is 17.6 Å². The third kappa shape index (κ3) is 4.06. The Bertz CT molecular complexity index is 748. The van der Waals surface area contributed by atoms with E-state index in [2.05, 4.69) is 0 Å². The fraction of sp³-hybridized carbons (Fsp3) is 0.133. The topological polar surface area (TPSA) is 92.7 Å². The number of carbonyl (C=O) groups is 1. The smallest absolute Gasteiger partial charge is 0.338 e. The summed E-state index contributed by atoms with van der Waals surface area (Å²) >= 11 is 0. The van der Waals surface area contributed by atoms with Gasteiger partial charge in [0, 0.05) is 0 Å². The lowest BCUT2D eigenvalue weighted by atomic mass is 10.2. The van der Waals surface area contributed by atoms with Crippen LogP contribution in [-0.4, -0.2) is 26.0 Å². The Labute approximate surface area is 128 Å². The zero-order valence-corrected chi connectivity index (χ0v) is 12.5. The molecule has 0 N–H and O–H groups in total. The summed E-state index contributed by atoms with van der Waals surface area (Å²) in [5.74, 6) is 0.0927. The van der Waals surface area contributed by atoms with Gasteiger partial charge in [0.2, 0.25) is 0 Å². The number of methoxy groups -OCH3 is 1. The molecule has 0 aliphatic heterocycles. The van der Waals surface area contributed by atoms with Crippen molar-refractivity contribution in [1.82, 2.24) is 0 Å². The van der Waals surface area contributed by atoms with Gasteiger partial charge in [-0.3, -0.25) is 0 Å². The fourth-order valence-electron chi connectivity index (χ4n) is 1.71. The highest BCUT2D eigenvalue weighted by atomic mass is 32.2. The molecule has 7 heteroatoms. The average Bonchev–Trinajstić information content (AvgIpc) is 2.52. The minimum Gasteiger partial charge on any atom is -0.744 e. The number of benzene rings is 2. The van der Waals surface area contributed by atoms with Crippen molar-refractivity contribution in [3.8, 4) is 5.75 Å². The molecule has 0 amide bonds. The Morgan fingerprint density at radius 2 is 1.64 bits per heavy atom. The van der Waals surface area contributed by atoms with Gasteiger partial charge in [-0.05, 0) is 42.0 Å². The van der Waals surface area contributed by atoms with E-state index in [0.717, 1.165) is 17.7 Å². The average molecular weight is 321 g/mol. The lowest BCUT2D eigenvalue weighted by molar-refractivity contribution is 0.0472. The number of hydrogen-bond acceptors (Lipinski definition) is 6. The van der Waals surface area contributed by atoms with E-state index in [4.69, 9.17) is 9.47 Å². The van der Waals surface area contributed by atoms with Crippen LogP contribution in [0.3, 0.4) is 0 Å². The van der Waals surface area contributed by atoms with Crippen LogP contribution < -0.4 is 4.74 Å². The van der Waals surface area contributed by atoms with E-state index in [-0.39, 0.29) is 17.1 Å². The minimum absolute atomic E-state index is 0.0738. The van der Waals surface area contributed by atoms with E-state index in [1.807, 2.05) is 0 Å². The predicted octanol–water partition coefficient (Wildman–Crippen LogP) is 1.96. The molecule has 0 bridgehead atoms. The summed E-state index contributed by atoms with van der Waals surface area (Å²) in [5, 5.41) is 0. The van der Waals surface area contributed by atoms with Crippen molar-refractivity contribution in [2.75, 3.05) is 7.11 Å². The summed E-state index contributed by atoms with van der Waals surface area (Å²) in [6, 6.07) is 11.6. The Kier molecular flexibility index (Phi) is 4.79. The second-order valence-electron chi connectivity index (χ2n) is 4.40. The molecular formula is C15H13O6S-. The van der Waals surface area contributed by atoms with Crippen molar-refractivity contribution < 1.29 is 27.2 Å². The molecule has 116 valence electrons. The minimum atomic E-state index is -4.52. The highest BCUT2D eigenvalue weighted by Crippen LogP contribution is 2.14. The second kappa shape index (κ2) is 6.59. The Morgan fingerprint density at radius 3 is 2.14 bits per heavy atom. The molecule has 0 atom stereocenters. The first-order chi connectivity index (χ1) is 10.4. The summed E-state index contributed by atoms with van der Waals surface area (Å²) in [7, 11) is -2.96. The third-order valence-corrected chi connectivity index (χ3v) is 3.76. The summed E-state index contributed by atoms with van der Waals surface area (Å²) in [4.78, 5) is 11.4. The molecule has 0 spiro atoms. The van der Waals surface area contributed by atoms with Crippen molar-refractivity contribution in [1.29, 1.82) is 0 Å². The molecule has 0 unspecified atom stereocenters. The maximum Gasteiger partial charge on any atom is 0.338 e. The molecule has 0 aliphatic rings. The van der Waals surface area contributed by atoms with Crippen LogP contribution in [0.4, 0.5) is 0 Å². The van der Waals surface area contributed by atoms with Gasteiger partial charge >= 0.3 is 5.97 Å². The van der Waals surface area contributed by atoms with Gasteiger partial charge in [-0.2, -0.15) is 0 Å². The molecule has 2 rings (SSSR count). The molecule has 6 nitrogen and oxygen atoms in total. The van der Waals surface area contributed by atoms with Crippen molar-refractivity contribution >= 4 is 16.1 Å². The number of esters is 1. The lowest BCUT2D eigenvalue weighted by Gasteiger charge is -2.08. The van der Waals surface area contributed by atoms with Gasteiger partial charge in [0.1, 0.15) is 22.5 Å². The molecule has 0 fully saturated rings. The molecule has 0 saturated carbocycles. The van der Waals surface area contributed by atoms with Crippen LogP contribution in [0.5, 0.6) is 5.75 Å². The van der Waals surface area contributed by atoms with Gasteiger partial charge in [-0.15, -0.1) is 0 Å².